The first-order valence-electron chi connectivity index (χ1n) is 13.6. The summed E-state index contributed by atoms with van der Waals surface area (Å²) in [4.78, 5) is 0. The van der Waals surface area contributed by atoms with Gasteiger partial charge in [-0.15, -0.1) is 5.10 Å². The predicted octanol–water partition coefficient (Wildman–Crippen LogP) is 4.33. The highest BCUT2D eigenvalue weighted by Gasteiger charge is 2.78. The molecule has 2 heterocycles. The molecule has 214 valence electrons. The van der Waals surface area contributed by atoms with Crippen molar-refractivity contribution in [3.05, 3.63) is 89.3 Å². The Morgan fingerprint density at radius 1 is 0.927 bits per heavy atom. The van der Waals surface area contributed by atoms with E-state index in [1.54, 1.807) is 38.5 Å². The summed E-state index contributed by atoms with van der Waals surface area (Å²) in [7, 11) is 4.63. The number of nitrogens with one attached hydrogen (secondary N) is 1. The fraction of sp³-hybridized carbons (Fsp3) is 0.355. The van der Waals surface area contributed by atoms with Gasteiger partial charge in [0.25, 0.3) is 0 Å². The van der Waals surface area contributed by atoms with Crippen molar-refractivity contribution in [1.82, 2.24) is 10.2 Å². The largest absolute Gasteiger partial charge is 0.497 e. The van der Waals surface area contributed by atoms with Gasteiger partial charge in [0.2, 0.25) is 5.89 Å². The average molecular weight is 560 g/mol. The molecule has 3 N–H and O–H groups in total. The van der Waals surface area contributed by atoms with Crippen molar-refractivity contribution in [3.63, 3.8) is 0 Å². The van der Waals surface area contributed by atoms with Crippen molar-refractivity contribution in [1.29, 1.82) is 0 Å². The van der Waals surface area contributed by atoms with E-state index in [0.29, 0.717) is 40.7 Å². The number of aromatic nitrogens is 2. The van der Waals surface area contributed by atoms with Crippen LogP contribution in [0.3, 0.4) is 0 Å². The molecule has 1 saturated carbocycles. The number of anilines is 1. The molecule has 10 heteroatoms. The van der Waals surface area contributed by atoms with Gasteiger partial charge >= 0.3 is 6.01 Å². The van der Waals surface area contributed by atoms with Crippen molar-refractivity contribution in [3.8, 4) is 23.0 Å². The second kappa shape index (κ2) is 10.3. The van der Waals surface area contributed by atoms with Gasteiger partial charge < -0.3 is 38.9 Å². The van der Waals surface area contributed by atoms with Crippen molar-refractivity contribution in [2.75, 3.05) is 33.2 Å². The Kier molecular flexibility index (Phi) is 6.75. The van der Waals surface area contributed by atoms with Gasteiger partial charge in [0.15, 0.2) is 11.2 Å². The summed E-state index contributed by atoms with van der Waals surface area (Å²) in [5.41, 5.74) is -1.81. The number of rotatable bonds is 9. The first-order valence-corrected chi connectivity index (χ1v) is 13.6. The topological polar surface area (TPSA) is 128 Å². The molecule has 6 rings (SSSR count). The first-order chi connectivity index (χ1) is 19.9. The number of methoxy groups -OCH3 is 3. The zero-order valence-electron chi connectivity index (χ0n) is 23.3. The number of hydrogen-bond donors (Lipinski definition) is 3. The van der Waals surface area contributed by atoms with Gasteiger partial charge in [0, 0.05) is 24.6 Å². The number of nitrogens with zero attached hydrogens (tertiary/aromatic N) is 2. The molecule has 1 fully saturated rings. The molecule has 1 aliphatic carbocycles. The smallest absolute Gasteiger partial charge is 0.315 e. The Hall–Kier alpha value is -4.28. The third-order valence-electron chi connectivity index (χ3n) is 8.21. The van der Waals surface area contributed by atoms with E-state index in [1.807, 2.05) is 49.4 Å². The molecule has 4 aromatic rings. The molecular formula is C31H33N3O7. The maximum Gasteiger partial charge on any atom is 0.315 e. The quantitative estimate of drug-likeness (QED) is 0.273. The van der Waals surface area contributed by atoms with Crippen molar-refractivity contribution >= 4 is 6.01 Å². The molecule has 5 atom stereocenters. The Bertz CT molecular complexity index is 1530. The highest BCUT2D eigenvalue weighted by atomic mass is 16.5. The monoisotopic (exact) mass is 559 g/mol. The third-order valence-corrected chi connectivity index (χ3v) is 8.21. The van der Waals surface area contributed by atoms with E-state index < -0.39 is 29.1 Å². The van der Waals surface area contributed by atoms with E-state index in [1.165, 1.54) is 7.11 Å². The fourth-order valence-electron chi connectivity index (χ4n) is 6.45. The van der Waals surface area contributed by atoms with Crippen molar-refractivity contribution < 1.29 is 33.6 Å². The summed E-state index contributed by atoms with van der Waals surface area (Å²) >= 11 is 0. The number of hydrogen-bond acceptors (Lipinski definition) is 10. The number of ether oxygens (including phenoxy) is 4. The Morgan fingerprint density at radius 3 is 2.32 bits per heavy atom. The van der Waals surface area contributed by atoms with Crippen LogP contribution in [0.25, 0.3) is 0 Å². The van der Waals surface area contributed by atoms with Gasteiger partial charge in [0.05, 0.1) is 32.8 Å². The summed E-state index contributed by atoms with van der Waals surface area (Å²) in [6.07, 6.45) is -0.581. The Morgan fingerprint density at radius 2 is 1.66 bits per heavy atom. The highest BCUT2D eigenvalue weighted by Crippen LogP contribution is 2.72. The molecule has 41 heavy (non-hydrogen) atoms. The molecule has 0 bridgehead atoms. The fourth-order valence-corrected chi connectivity index (χ4v) is 6.45. The van der Waals surface area contributed by atoms with Crippen LogP contribution in [0.5, 0.6) is 23.0 Å². The molecule has 5 unspecified atom stereocenters. The molecule has 0 amide bonds. The number of aliphatic hydroxyl groups excluding tert-OH is 1. The minimum atomic E-state index is -2.01. The average Bonchev–Trinajstić information content (AvgIpc) is 3.64. The minimum Gasteiger partial charge on any atom is -0.497 e. The molecular weight excluding hydrogens is 526 g/mol. The minimum absolute atomic E-state index is 0.179. The molecule has 0 saturated heterocycles. The van der Waals surface area contributed by atoms with E-state index in [0.717, 1.165) is 12.0 Å². The standard InChI is InChI=1S/C31H33N3O7/c1-5-15-32-29-34-33-28(40-29)24-25(18-9-7-6-8-10-18)31(19-11-13-20(37-2)14-12-19)30(36,27(24)35)26-22(39-4)16-21(38-3)17-23(26)41-31/h6-14,16-17,24-25,27,35-36H,5,15H2,1-4H3,(H,32,34). The van der Waals surface area contributed by atoms with Gasteiger partial charge in [-0.1, -0.05) is 54.5 Å². The van der Waals surface area contributed by atoms with Crippen LogP contribution in [0.4, 0.5) is 6.01 Å². The van der Waals surface area contributed by atoms with Gasteiger partial charge in [-0.2, -0.15) is 0 Å². The zero-order chi connectivity index (χ0) is 28.8. The van der Waals surface area contributed by atoms with E-state index in [4.69, 9.17) is 23.4 Å². The normalized spacial score (nSPS) is 26.1. The summed E-state index contributed by atoms with van der Waals surface area (Å²) < 4.78 is 29.7. The molecule has 0 spiro atoms. The van der Waals surface area contributed by atoms with Crippen LogP contribution in [-0.4, -0.2) is 54.4 Å². The van der Waals surface area contributed by atoms with Crippen molar-refractivity contribution in [2.24, 2.45) is 0 Å². The van der Waals surface area contributed by atoms with Crippen LogP contribution in [0.1, 0.15) is 47.8 Å². The summed E-state index contributed by atoms with van der Waals surface area (Å²) in [5.74, 6) is 0.429. The third kappa shape index (κ3) is 3.85. The number of fused-ring (bicyclic) bond motifs is 3. The maximum absolute atomic E-state index is 13.0. The lowest BCUT2D eigenvalue weighted by molar-refractivity contribution is -0.151. The van der Waals surface area contributed by atoms with Gasteiger partial charge in [-0.3, -0.25) is 0 Å². The molecule has 3 aromatic carbocycles. The van der Waals surface area contributed by atoms with E-state index in [-0.39, 0.29) is 11.9 Å². The summed E-state index contributed by atoms with van der Waals surface area (Å²) in [6, 6.07) is 20.5. The van der Waals surface area contributed by atoms with Crippen LogP contribution < -0.4 is 24.3 Å². The van der Waals surface area contributed by atoms with Crippen LogP contribution in [0, 0.1) is 0 Å². The summed E-state index contributed by atoms with van der Waals surface area (Å²) in [5, 5.41) is 37.0. The number of benzene rings is 3. The first kappa shape index (κ1) is 26.9. The van der Waals surface area contributed by atoms with Crippen LogP contribution >= 0.6 is 0 Å². The Labute approximate surface area is 237 Å². The molecule has 1 aliphatic heterocycles. The molecule has 2 aliphatic rings. The predicted molar refractivity (Wildman–Crippen MR) is 150 cm³/mol. The van der Waals surface area contributed by atoms with Gasteiger partial charge in [-0.05, 0) is 29.7 Å². The number of aliphatic hydroxyl groups is 2. The van der Waals surface area contributed by atoms with Crippen LogP contribution in [0.2, 0.25) is 0 Å². The second-order valence-corrected chi connectivity index (χ2v) is 10.3. The van der Waals surface area contributed by atoms with Crippen molar-refractivity contribution in [2.45, 2.75) is 42.5 Å². The molecule has 1 aromatic heterocycles. The van der Waals surface area contributed by atoms with Gasteiger partial charge in [-0.25, -0.2) is 0 Å². The lowest BCUT2D eigenvalue weighted by Crippen LogP contribution is -2.52. The van der Waals surface area contributed by atoms with Crippen LogP contribution in [0.15, 0.2) is 71.1 Å². The van der Waals surface area contributed by atoms with E-state index in [2.05, 4.69) is 15.5 Å². The van der Waals surface area contributed by atoms with Gasteiger partial charge in [0.1, 0.15) is 29.1 Å². The highest BCUT2D eigenvalue weighted by molar-refractivity contribution is 5.63. The second-order valence-electron chi connectivity index (χ2n) is 10.3. The van der Waals surface area contributed by atoms with E-state index in [9.17, 15) is 10.2 Å². The maximum atomic E-state index is 13.0. The SMILES string of the molecule is CCCNc1nnc(C2C(O)C3(O)c4c(OC)cc(OC)cc4OC3(c3ccc(OC)cc3)C2c2ccccc2)o1. The Balaban J connectivity index is 1.65. The lowest BCUT2D eigenvalue weighted by atomic mass is 9.70. The lowest BCUT2D eigenvalue weighted by Gasteiger charge is -2.40. The zero-order valence-corrected chi connectivity index (χ0v) is 23.3. The van der Waals surface area contributed by atoms with E-state index >= 15 is 0 Å². The van der Waals surface area contributed by atoms with Crippen LogP contribution in [-0.2, 0) is 11.2 Å². The molecule has 10 nitrogen and oxygen atoms in total. The summed E-state index contributed by atoms with van der Waals surface area (Å²) in [6.45, 7) is 2.68. The molecule has 0 radical (unpaired) electrons.